The van der Waals surface area contributed by atoms with E-state index in [0.717, 1.165) is 6.42 Å². The summed E-state index contributed by atoms with van der Waals surface area (Å²) >= 11 is 0. The highest BCUT2D eigenvalue weighted by atomic mass is 16.2. The number of hydrogen-bond acceptors (Lipinski definition) is 2. The van der Waals surface area contributed by atoms with Crippen molar-refractivity contribution >= 4 is 5.91 Å². The van der Waals surface area contributed by atoms with Crippen LogP contribution in [0.1, 0.15) is 34.1 Å². The van der Waals surface area contributed by atoms with Gasteiger partial charge in [-0.05, 0) is 26.2 Å². The molecule has 0 saturated carbocycles. The van der Waals surface area contributed by atoms with E-state index in [1.54, 1.807) is 6.92 Å². The Kier molecular flexibility index (Phi) is 4.90. The van der Waals surface area contributed by atoms with Crippen molar-refractivity contribution < 1.29 is 4.79 Å². The van der Waals surface area contributed by atoms with Crippen molar-refractivity contribution in [2.75, 3.05) is 0 Å². The molecule has 0 aliphatic rings. The number of carbonyl (C=O) groups is 1. The van der Waals surface area contributed by atoms with E-state index in [1.807, 2.05) is 6.92 Å². The van der Waals surface area contributed by atoms with Crippen molar-refractivity contribution in [1.29, 1.82) is 0 Å². The van der Waals surface area contributed by atoms with E-state index in [2.05, 4.69) is 19.2 Å². The average molecular weight is 172 g/mol. The Labute approximate surface area is 74.7 Å². The van der Waals surface area contributed by atoms with E-state index < -0.39 is 6.04 Å². The third kappa shape index (κ3) is 5.13. The van der Waals surface area contributed by atoms with Crippen molar-refractivity contribution in [2.45, 2.75) is 46.2 Å². The first-order valence-electron chi connectivity index (χ1n) is 4.49. The van der Waals surface area contributed by atoms with Gasteiger partial charge in [0.15, 0.2) is 0 Å². The number of amides is 1. The summed E-state index contributed by atoms with van der Waals surface area (Å²) in [5.74, 6) is 0.538. The van der Waals surface area contributed by atoms with Crippen molar-refractivity contribution in [3.8, 4) is 0 Å². The van der Waals surface area contributed by atoms with Gasteiger partial charge in [0.2, 0.25) is 5.91 Å². The first kappa shape index (κ1) is 11.4. The van der Waals surface area contributed by atoms with Crippen molar-refractivity contribution in [3.05, 3.63) is 0 Å². The van der Waals surface area contributed by atoms with Gasteiger partial charge in [0.25, 0.3) is 0 Å². The second-order valence-electron chi connectivity index (χ2n) is 3.83. The highest BCUT2D eigenvalue weighted by Gasteiger charge is 2.11. The fourth-order valence-electron chi connectivity index (χ4n) is 1.14. The first-order chi connectivity index (χ1) is 5.43. The average Bonchev–Trinajstić information content (AvgIpc) is 1.84. The van der Waals surface area contributed by atoms with Crippen LogP contribution in [0.3, 0.4) is 0 Å². The minimum Gasteiger partial charge on any atom is -0.352 e. The molecule has 0 radical (unpaired) electrons. The summed E-state index contributed by atoms with van der Waals surface area (Å²) in [6.07, 6.45) is 0.998. The summed E-state index contributed by atoms with van der Waals surface area (Å²) in [5.41, 5.74) is 5.40. The maximum absolute atomic E-state index is 11.1. The SMILES string of the molecule is CC(C)CC(C)NC(=O)C(C)N. The van der Waals surface area contributed by atoms with Gasteiger partial charge in [-0.3, -0.25) is 4.79 Å². The molecule has 0 heterocycles. The lowest BCUT2D eigenvalue weighted by Crippen LogP contribution is -2.43. The maximum atomic E-state index is 11.1. The summed E-state index contributed by atoms with van der Waals surface area (Å²) in [7, 11) is 0. The van der Waals surface area contributed by atoms with Crippen LogP contribution in [0.4, 0.5) is 0 Å². The standard InChI is InChI=1S/C9H20N2O/c1-6(2)5-7(3)11-9(12)8(4)10/h6-8H,5,10H2,1-4H3,(H,11,12). The number of rotatable bonds is 4. The molecule has 3 heteroatoms. The van der Waals surface area contributed by atoms with Crippen molar-refractivity contribution in [2.24, 2.45) is 11.7 Å². The van der Waals surface area contributed by atoms with Crippen LogP contribution in [-0.2, 0) is 4.79 Å². The lowest BCUT2D eigenvalue weighted by molar-refractivity contribution is -0.122. The van der Waals surface area contributed by atoms with Gasteiger partial charge < -0.3 is 11.1 Å². The minimum atomic E-state index is -0.403. The summed E-state index contributed by atoms with van der Waals surface area (Å²) in [6, 6.07) is -0.178. The first-order valence-corrected chi connectivity index (χ1v) is 4.49. The third-order valence-corrected chi connectivity index (χ3v) is 1.63. The molecule has 0 aliphatic heterocycles. The van der Waals surface area contributed by atoms with Crippen LogP contribution in [-0.4, -0.2) is 18.0 Å². The van der Waals surface area contributed by atoms with E-state index >= 15 is 0 Å². The molecule has 1 amide bonds. The molecule has 0 fully saturated rings. The molecular formula is C9H20N2O. The van der Waals surface area contributed by atoms with Crippen LogP contribution in [0.15, 0.2) is 0 Å². The van der Waals surface area contributed by atoms with Crippen LogP contribution in [0, 0.1) is 5.92 Å². The van der Waals surface area contributed by atoms with Gasteiger partial charge in [0.1, 0.15) is 0 Å². The van der Waals surface area contributed by atoms with Crippen LogP contribution in [0.5, 0.6) is 0 Å². The predicted molar refractivity (Wildman–Crippen MR) is 50.7 cm³/mol. The monoisotopic (exact) mass is 172 g/mol. The molecule has 0 aromatic rings. The van der Waals surface area contributed by atoms with Gasteiger partial charge in [0.05, 0.1) is 6.04 Å². The summed E-state index contributed by atoms with van der Waals surface area (Å²) in [6.45, 7) is 7.96. The largest absolute Gasteiger partial charge is 0.352 e. The topological polar surface area (TPSA) is 55.1 Å². The molecule has 0 saturated heterocycles. The highest BCUT2D eigenvalue weighted by Crippen LogP contribution is 2.03. The van der Waals surface area contributed by atoms with Gasteiger partial charge in [-0.2, -0.15) is 0 Å². The predicted octanol–water partition coefficient (Wildman–Crippen LogP) is 0.884. The Morgan fingerprint density at radius 2 is 1.83 bits per heavy atom. The molecule has 0 bridgehead atoms. The number of nitrogens with two attached hydrogens (primary N) is 1. The van der Waals surface area contributed by atoms with E-state index in [9.17, 15) is 4.79 Å². The highest BCUT2D eigenvalue weighted by molar-refractivity contribution is 5.81. The lowest BCUT2D eigenvalue weighted by Gasteiger charge is -2.17. The molecule has 3 N–H and O–H groups in total. The summed E-state index contributed by atoms with van der Waals surface area (Å²) in [4.78, 5) is 11.1. The van der Waals surface area contributed by atoms with Gasteiger partial charge in [-0.25, -0.2) is 0 Å². The normalized spacial score (nSPS) is 15.8. The smallest absolute Gasteiger partial charge is 0.236 e. The molecule has 2 unspecified atom stereocenters. The maximum Gasteiger partial charge on any atom is 0.236 e. The Hall–Kier alpha value is -0.570. The molecule has 0 aliphatic carbocycles. The Morgan fingerprint density at radius 3 is 2.17 bits per heavy atom. The third-order valence-electron chi connectivity index (χ3n) is 1.63. The van der Waals surface area contributed by atoms with E-state index in [4.69, 9.17) is 5.73 Å². The molecule has 0 aromatic carbocycles. The molecule has 72 valence electrons. The second kappa shape index (κ2) is 5.14. The second-order valence-corrected chi connectivity index (χ2v) is 3.83. The fraction of sp³-hybridized carbons (Fsp3) is 0.889. The zero-order valence-corrected chi connectivity index (χ0v) is 8.42. The molecule has 2 atom stereocenters. The van der Waals surface area contributed by atoms with Gasteiger partial charge in [-0.1, -0.05) is 13.8 Å². The molecule has 3 nitrogen and oxygen atoms in total. The van der Waals surface area contributed by atoms with Crippen LogP contribution < -0.4 is 11.1 Å². The van der Waals surface area contributed by atoms with Crippen molar-refractivity contribution in [1.82, 2.24) is 5.32 Å². The molecular weight excluding hydrogens is 152 g/mol. The number of nitrogens with one attached hydrogen (secondary N) is 1. The lowest BCUT2D eigenvalue weighted by atomic mass is 10.1. The van der Waals surface area contributed by atoms with E-state index in [-0.39, 0.29) is 11.9 Å². The molecule has 0 rings (SSSR count). The summed E-state index contributed by atoms with van der Waals surface area (Å²) < 4.78 is 0. The molecule has 12 heavy (non-hydrogen) atoms. The van der Waals surface area contributed by atoms with E-state index in [1.165, 1.54) is 0 Å². The van der Waals surface area contributed by atoms with Crippen LogP contribution in [0.25, 0.3) is 0 Å². The fourth-order valence-corrected chi connectivity index (χ4v) is 1.14. The number of carbonyl (C=O) groups excluding carboxylic acids is 1. The van der Waals surface area contributed by atoms with E-state index in [0.29, 0.717) is 5.92 Å². The van der Waals surface area contributed by atoms with Crippen molar-refractivity contribution in [3.63, 3.8) is 0 Å². The zero-order chi connectivity index (χ0) is 9.72. The van der Waals surface area contributed by atoms with Gasteiger partial charge in [0, 0.05) is 6.04 Å². The molecule has 0 aromatic heterocycles. The quantitative estimate of drug-likeness (QED) is 0.661. The molecule has 0 spiro atoms. The zero-order valence-electron chi connectivity index (χ0n) is 8.42. The van der Waals surface area contributed by atoms with Gasteiger partial charge in [-0.15, -0.1) is 0 Å². The number of hydrogen-bond donors (Lipinski definition) is 2. The van der Waals surface area contributed by atoms with Crippen LogP contribution in [0.2, 0.25) is 0 Å². The Balaban J connectivity index is 3.69. The Bertz CT molecular complexity index is 143. The van der Waals surface area contributed by atoms with Gasteiger partial charge >= 0.3 is 0 Å². The Morgan fingerprint density at radius 1 is 1.33 bits per heavy atom. The summed E-state index contributed by atoms with van der Waals surface area (Å²) in [5, 5.41) is 2.85. The van der Waals surface area contributed by atoms with Crippen LogP contribution >= 0.6 is 0 Å². The minimum absolute atomic E-state index is 0.0665.